The van der Waals surface area contributed by atoms with Gasteiger partial charge in [-0.2, -0.15) is 0 Å². The quantitative estimate of drug-likeness (QED) is 0.792. The first-order valence-corrected chi connectivity index (χ1v) is 7.23. The van der Waals surface area contributed by atoms with Crippen LogP contribution in [0.15, 0.2) is 45.3 Å². The summed E-state index contributed by atoms with van der Waals surface area (Å²) in [6, 6.07) is 9.08. The van der Waals surface area contributed by atoms with Gasteiger partial charge in [0.05, 0.1) is 0 Å². The van der Waals surface area contributed by atoms with Crippen LogP contribution in [0.25, 0.3) is 0 Å². The average Bonchev–Trinajstić information content (AvgIpc) is 2.38. The van der Waals surface area contributed by atoms with E-state index in [1.54, 1.807) is 12.1 Å². The van der Waals surface area contributed by atoms with Crippen LogP contribution < -0.4 is 5.32 Å². The molecule has 0 fully saturated rings. The van der Waals surface area contributed by atoms with Gasteiger partial charge in [-0.1, -0.05) is 31.9 Å². The van der Waals surface area contributed by atoms with Crippen molar-refractivity contribution in [3.8, 4) is 0 Å². The summed E-state index contributed by atoms with van der Waals surface area (Å²) in [7, 11) is 0. The monoisotopic (exact) mass is 389 g/mol. The van der Waals surface area contributed by atoms with Crippen molar-refractivity contribution in [1.82, 2.24) is 5.32 Å². The maximum absolute atomic E-state index is 13.1. The Morgan fingerprint density at radius 2 is 1.21 bits per heavy atom. The Balaban J connectivity index is 2.00. The van der Waals surface area contributed by atoms with Crippen LogP contribution in [0.2, 0.25) is 0 Å². The minimum absolute atomic E-state index is 0.271. The zero-order valence-electron chi connectivity index (χ0n) is 9.89. The number of nitrogens with one attached hydrogen (secondary N) is 1. The Morgan fingerprint density at radius 3 is 1.63 bits per heavy atom. The van der Waals surface area contributed by atoms with E-state index < -0.39 is 0 Å². The fourth-order valence-electron chi connectivity index (χ4n) is 1.69. The molecule has 0 saturated heterocycles. The molecule has 5 heteroatoms. The second-order valence-corrected chi connectivity index (χ2v) is 5.78. The molecule has 19 heavy (non-hydrogen) atoms. The lowest BCUT2D eigenvalue weighted by molar-refractivity contribution is 0.614. The van der Waals surface area contributed by atoms with E-state index >= 15 is 0 Å². The Labute approximate surface area is 127 Å². The molecule has 1 nitrogen and oxygen atoms in total. The van der Waals surface area contributed by atoms with E-state index in [-0.39, 0.29) is 11.6 Å². The zero-order valence-corrected chi connectivity index (χ0v) is 13.1. The molecule has 0 aliphatic heterocycles. The highest BCUT2D eigenvalue weighted by Gasteiger charge is 2.04. The zero-order chi connectivity index (χ0) is 13.8. The molecule has 2 rings (SSSR count). The molecule has 0 heterocycles. The summed E-state index contributed by atoms with van der Waals surface area (Å²) in [4.78, 5) is 0. The fraction of sp³-hybridized carbons (Fsp3) is 0.143. The Bertz CT molecular complexity index is 536. The third-order valence-electron chi connectivity index (χ3n) is 2.65. The standard InChI is InChI=1S/C14H11Br2F2N/c15-13-3-1-11(17)5-9(13)7-19-8-10-6-12(18)2-4-14(10)16/h1-6,19H,7-8H2. The van der Waals surface area contributed by atoms with Crippen LogP contribution in [-0.4, -0.2) is 0 Å². The summed E-state index contributed by atoms with van der Waals surface area (Å²) < 4.78 is 27.9. The minimum atomic E-state index is -0.271. The van der Waals surface area contributed by atoms with Crippen molar-refractivity contribution in [2.45, 2.75) is 13.1 Å². The molecule has 0 radical (unpaired) electrons. The van der Waals surface area contributed by atoms with Gasteiger partial charge in [0.2, 0.25) is 0 Å². The SMILES string of the molecule is Fc1ccc(Br)c(CNCc2cc(F)ccc2Br)c1. The van der Waals surface area contributed by atoms with Gasteiger partial charge in [-0.05, 0) is 47.5 Å². The van der Waals surface area contributed by atoms with Crippen LogP contribution in [0.4, 0.5) is 8.78 Å². The first-order chi connectivity index (χ1) is 9.06. The van der Waals surface area contributed by atoms with Gasteiger partial charge in [0.15, 0.2) is 0 Å². The molecule has 2 aromatic rings. The molecule has 0 aromatic heterocycles. The molecule has 0 aliphatic rings. The number of benzene rings is 2. The lowest BCUT2D eigenvalue weighted by Gasteiger charge is -2.09. The lowest BCUT2D eigenvalue weighted by Crippen LogP contribution is -2.13. The van der Waals surface area contributed by atoms with E-state index in [4.69, 9.17) is 0 Å². The normalized spacial score (nSPS) is 10.7. The van der Waals surface area contributed by atoms with E-state index in [0.29, 0.717) is 13.1 Å². The molecule has 0 unspecified atom stereocenters. The summed E-state index contributed by atoms with van der Waals surface area (Å²) in [6.07, 6.45) is 0. The minimum Gasteiger partial charge on any atom is -0.309 e. The van der Waals surface area contributed by atoms with Gasteiger partial charge in [0.1, 0.15) is 11.6 Å². The van der Waals surface area contributed by atoms with Crippen molar-refractivity contribution < 1.29 is 8.78 Å². The van der Waals surface area contributed by atoms with Gasteiger partial charge >= 0.3 is 0 Å². The number of halogens is 4. The summed E-state index contributed by atoms with van der Waals surface area (Å²) >= 11 is 6.73. The number of hydrogen-bond donors (Lipinski definition) is 1. The Kier molecular flexibility index (Phi) is 5.07. The molecular formula is C14H11Br2F2N. The summed E-state index contributed by atoms with van der Waals surface area (Å²) in [6.45, 7) is 1.00. The molecule has 1 N–H and O–H groups in total. The molecule has 0 bridgehead atoms. The van der Waals surface area contributed by atoms with Crippen LogP contribution in [-0.2, 0) is 13.1 Å². The highest BCUT2D eigenvalue weighted by molar-refractivity contribution is 9.10. The first kappa shape index (κ1) is 14.6. The van der Waals surface area contributed by atoms with Crippen LogP contribution >= 0.6 is 31.9 Å². The van der Waals surface area contributed by atoms with Gasteiger partial charge in [0.25, 0.3) is 0 Å². The van der Waals surface area contributed by atoms with Crippen LogP contribution in [0.1, 0.15) is 11.1 Å². The Hall–Kier alpha value is -0.780. The number of hydrogen-bond acceptors (Lipinski definition) is 1. The largest absolute Gasteiger partial charge is 0.309 e. The van der Waals surface area contributed by atoms with Crippen molar-refractivity contribution in [3.05, 3.63) is 68.1 Å². The molecule has 100 valence electrons. The average molecular weight is 391 g/mol. The van der Waals surface area contributed by atoms with Gasteiger partial charge in [-0.25, -0.2) is 8.78 Å². The predicted octanol–water partition coefficient (Wildman–Crippen LogP) is 4.78. The van der Waals surface area contributed by atoms with Crippen molar-refractivity contribution in [3.63, 3.8) is 0 Å². The Morgan fingerprint density at radius 1 is 0.789 bits per heavy atom. The smallest absolute Gasteiger partial charge is 0.123 e. The summed E-state index contributed by atoms with van der Waals surface area (Å²) in [5, 5.41) is 3.16. The number of rotatable bonds is 4. The van der Waals surface area contributed by atoms with Gasteiger partial charge in [-0.3, -0.25) is 0 Å². The van der Waals surface area contributed by atoms with Crippen LogP contribution in [0.3, 0.4) is 0 Å². The van der Waals surface area contributed by atoms with Gasteiger partial charge in [-0.15, -0.1) is 0 Å². The van der Waals surface area contributed by atoms with Gasteiger partial charge < -0.3 is 5.32 Å². The molecule has 2 aromatic carbocycles. The molecular weight excluding hydrogens is 380 g/mol. The predicted molar refractivity (Wildman–Crippen MR) is 78.7 cm³/mol. The van der Waals surface area contributed by atoms with Crippen LogP contribution in [0, 0.1) is 11.6 Å². The van der Waals surface area contributed by atoms with Gasteiger partial charge in [0, 0.05) is 22.0 Å². The maximum atomic E-state index is 13.1. The molecule has 0 aliphatic carbocycles. The van der Waals surface area contributed by atoms with E-state index in [2.05, 4.69) is 37.2 Å². The molecule has 0 atom stereocenters. The highest BCUT2D eigenvalue weighted by atomic mass is 79.9. The third-order valence-corrected chi connectivity index (χ3v) is 4.19. The molecule has 0 amide bonds. The van der Waals surface area contributed by atoms with Crippen molar-refractivity contribution in [2.24, 2.45) is 0 Å². The van der Waals surface area contributed by atoms with E-state index in [0.717, 1.165) is 20.1 Å². The fourth-order valence-corrected chi connectivity index (χ4v) is 2.46. The summed E-state index contributed by atoms with van der Waals surface area (Å²) in [5.41, 5.74) is 1.65. The lowest BCUT2D eigenvalue weighted by atomic mass is 10.2. The molecule has 0 spiro atoms. The van der Waals surface area contributed by atoms with Crippen molar-refractivity contribution >= 4 is 31.9 Å². The topological polar surface area (TPSA) is 12.0 Å². The van der Waals surface area contributed by atoms with E-state index in [9.17, 15) is 8.78 Å². The second-order valence-electron chi connectivity index (χ2n) is 4.08. The maximum Gasteiger partial charge on any atom is 0.123 e. The van der Waals surface area contributed by atoms with E-state index in [1.165, 1.54) is 24.3 Å². The second kappa shape index (κ2) is 6.59. The van der Waals surface area contributed by atoms with Crippen LogP contribution in [0.5, 0.6) is 0 Å². The van der Waals surface area contributed by atoms with Crippen molar-refractivity contribution in [2.75, 3.05) is 0 Å². The first-order valence-electron chi connectivity index (χ1n) is 5.65. The van der Waals surface area contributed by atoms with E-state index in [1.807, 2.05) is 0 Å². The molecule has 0 saturated carbocycles. The highest BCUT2D eigenvalue weighted by Crippen LogP contribution is 2.19. The summed E-state index contributed by atoms with van der Waals surface area (Å²) in [5.74, 6) is -0.543. The van der Waals surface area contributed by atoms with Crippen molar-refractivity contribution in [1.29, 1.82) is 0 Å². The third kappa shape index (κ3) is 4.09.